The summed E-state index contributed by atoms with van der Waals surface area (Å²) in [6.07, 6.45) is 0. The first-order valence-electron chi connectivity index (χ1n) is 4.44. The van der Waals surface area contributed by atoms with Crippen LogP contribution < -0.4 is 10.6 Å². The van der Waals surface area contributed by atoms with E-state index in [2.05, 4.69) is 48.7 Å². The molecule has 1 aromatic rings. The number of rotatable bonds is 4. The molecular weight excluding hydrogens is 219 g/mol. The third-order valence-corrected chi connectivity index (χ3v) is 1.65. The predicted octanol–water partition coefficient (Wildman–Crippen LogP) is 3.39. The van der Waals surface area contributed by atoms with Crippen LogP contribution in [0.2, 0.25) is 0 Å². The van der Waals surface area contributed by atoms with Gasteiger partial charge < -0.3 is 10.6 Å². The van der Waals surface area contributed by atoms with E-state index in [9.17, 15) is 0 Å². The summed E-state index contributed by atoms with van der Waals surface area (Å²) in [6.45, 7) is 6.14. The lowest BCUT2D eigenvalue weighted by atomic mass is 10.3. The minimum atomic E-state index is 0. The molecule has 0 radical (unpaired) electrons. The third-order valence-electron chi connectivity index (χ3n) is 1.65. The molecule has 14 heavy (non-hydrogen) atoms. The minimum absolute atomic E-state index is 0. The van der Waals surface area contributed by atoms with E-state index in [0.717, 1.165) is 13.1 Å². The molecule has 0 aromatic heterocycles. The molecule has 0 saturated carbocycles. The van der Waals surface area contributed by atoms with Crippen molar-refractivity contribution in [1.29, 1.82) is 0 Å². The Morgan fingerprint density at radius 2 is 1.07 bits per heavy atom. The van der Waals surface area contributed by atoms with Crippen molar-refractivity contribution in [1.82, 2.24) is 0 Å². The van der Waals surface area contributed by atoms with E-state index in [1.165, 1.54) is 11.4 Å². The Bertz CT molecular complexity index is 199. The Labute approximate surface area is 98.3 Å². The summed E-state index contributed by atoms with van der Waals surface area (Å²) < 4.78 is 0. The van der Waals surface area contributed by atoms with Gasteiger partial charge in [0.2, 0.25) is 0 Å². The minimum Gasteiger partial charge on any atom is -0.385 e. The van der Waals surface area contributed by atoms with E-state index < -0.39 is 0 Å². The van der Waals surface area contributed by atoms with Crippen LogP contribution in [0.3, 0.4) is 0 Å². The molecule has 0 fully saturated rings. The van der Waals surface area contributed by atoms with E-state index in [4.69, 9.17) is 0 Å². The van der Waals surface area contributed by atoms with Crippen molar-refractivity contribution in [3.63, 3.8) is 0 Å². The molecule has 2 N–H and O–H groups in total. The molecule has 0 saturated heterocycles. The van der Waals surface area contributed by atoms with Gasteiger partial charge in [0.15, 0.2) is 0 Å². The maximum Gasteiger partial charge on any atom is 0.0341 e. The topological polar surface area (TPSA) is 24.1 Å². The number of anilines is 2. The molecule has 0 atom stereocenters. The quantitative estimate of drug-likeness (QED) is 0.838. The molecule has 0 bridgehead atoms. The van der Waals surface area contributed by atoms with Crippen LogP contribution in [0.15, 0.2) is 24.3 Å². The van der Waals surface area contributed by atoms with Gasteiger partial charge >= 0.3 is 0 Å². The number of hydrogen-bond donors (Lipinski definition) is 2. The maximum atomic E-state index is 3.25. The molecule has 0 aliphatic carbocycles. The maximum absolute atomic E-state index is 3.25. The van der Waals surface area contributed by atoms with Crippen LogP contribution in [-0.2, 0) is 0 Å². The van der Waals surface area contributed by atoms with E-state index in [-0.39, 0.29) is 24.8 Å². The number of halogens is 2. The van der Waals surface area contributed by atoms with Gasteiger partial charge in [0.1, 0.15) is 0 Å². The molecule has 0 amide bonds. The van der Waals surface area contributed by atoms with Crippen molar-refractivity contribution in [2.24, 2.45) is 0 Å². The van der Waals surface area contributed by atoms with Crippen LogP contribution in [0.5, 0.6) is 0 Å². The first kappa shape index (κ1) is 15.9. The zero-order valence-electron chi connectivity index (χ0n) is 8.54. The summed E-state index contributed by atoms with van der Waals surface area (Å²) in [5.41, 5.74) is 2.36. The standard InChI is InChI=1S/C10H16N2.2ClH/c1-3-11-9-5-7-10(8-6-9)12-4-2;;/h5-8,11-12H,3-4H2,1-2H3;2*1H. The highest BCUT2D eigenvalue weighted by molar-refractivity contribution is 5.85. The number of hydrogen-bond acceptors (Lipinski definition) is 2. The van der Waals surface area contributed by atoms with Crippen LogP contribution in [0.25, 0.3) is 0 Å². The molecule has 82 valence electrons. The van der Waals surface area contributed by atoms with Gasteiger partial charge in [-0.25, -0.2) is 0 Å². The van der Waals surface area contributed by atoms with Crippen molar-refractivity contribution in [2.75, 3.05) is 23.7 Å². The molecule has 1 aromatic carbocycles. The lowest BCUT2D eigenvalue weighted by molar-refractivity contribution is 1.20. The van der Waals surface area contributed by atoms with Gasteiger partial charge in [0.05, 0.1) is 0 Å². The SMILES string of the molecule is CCNc1ccc(NCC)cc1.Cl.Cl. The summed E-state index contributed by atoms with van der Waals surface area (Å²) in [6, 6.07) is 8.34. The zero-order chi connectivity index (χ0) is 8.81. The van der Waals surface area contributed by atoms with E-state index in [0.29, 0.717) is 0 Å². The molecule has 0 aliphatic rings. The Balaban J connectivity index is 0. The first-order valence-corrected chi connectivity index (χ1v) is 4.44. The second-order valence-electron chi connectivity index (χ2n) is 2.64. The van der Waals surface area contributed by atoms with Gasteiger partial charge in [-0.15, -0.1) is 24.8 Å². The van der Waals surface area contributed by atoms with Gasteiger partial charge in [-0.1, -0.05) is 0 Å². The Hall–Kier alpha value is -0.600. The van der Waals surface area contributed by atoms with E-state index >= 15 is 0 Å². The molecule has 0 unspecified atom stereocenters. The fraction of sp³-hybridized carbons (Fsp3) is 0.400. The average molecular weight is 237 g/mol. The Morgan fingerprint density at radius 3 is 1.29 bits per heavy atom. The van der Waals surface area contributed by atoms with Crippen LogP contribution in [-0.4, -0.2) is 13.1 Å². The van der Waals surface area contributed by atoms with Crippen LogP contribution in [0.1, 0.15) is 13.8 Å². The average Bonchev–Trinajstić information content (AvgIpc) is 2.09. The highest BCUT2D eigenvalue weighted by atomic mass is 35.5. The van der Waals surface area contributed by atoms with Gasteiger partial charge in [-0.2, -0.15) is 0 Å². The highest BCUT2D eigenvalue weighted by Gasteiger charge is 1.90. The summed E-state index contributed by atoms with van der Waals surface area (Å²) in [5.74, 6) is 0. The lowest BCUT2D eigenvalue weighted by Crippen LogP contribution is -1.98. The van der Waals surface area contributed by atoms with Gasteiger partial charge in [0, 0.05) is 24.5 Å². The highest BCUT2D eigenvalue weighted by Crippen LogP contribution is 2.12. The largest absolute Gasteiger partial charge is 0.385 e. The molecule has 1 rings (SSSR count). The third kappa shape index (κ3) is 5.20. The molecule has 4 heteroatoms. The van der Waals surface area contributed by atoms with Crippen LogP contribution in [0.4, 0.5) is 11.4 Å². The first-order chi connectivity index (χ1) is 5.86. The fourth-order valence-corrected chi connectivity index (χ4v) is 1.11. The zero-order valence-corrected chi connectivity index (χ0v) is 10.2. The molecule has 0 aliphatic heterocycles. The van der Waals surface area contributed by atoms with Gasteiger partial charge in [0.25, 0.3) is 0 Å². The molecule has 0 heterocycles. The van der Waals surface area contributed by atoms with Crippen molar-refractivity contribution in [3.05, 3.63) is 24.3 Å². The number of nitrogens with one attached hydrogen (secondary N) is 2. The van der Waals surface area contributed by atoms with Gasteiger partial charge in [-0.3, -0.25) is 0 Å². The van der Waals surface area contributed by atoms with Gasteiger partial charge in [-0.05, 0) is 38.1 Å². The molecular formula is C10H18Cl2N2. The second-order valence-corrected chi connectivity index (χ2v) is 2.64. The molecule has 0 spiro atoms. The van der Waals surface area contributed by atoms with Crippen molar-refractivity contribution >= 4 is 36.2 Å². The monoisotopic (exact) mass is 236 g/mol. The fourth-order valence-electron chi connectivity index (χ4n) is 1.11. The normalized spacial score (nSPS) is 8.14. The summed E-state index contributed by atoms with van der Waals surface area (Å²) in [7, 11) is 0. The Morgan fingerprint density at radius 1 is 0.786 bits per heavy atom. The van der Waals surface area contributed by atoms with Crippen molar-refractivity contribution < 1.29 is 0 Å². The second kappa shape index (κ2) is 8.97. The smallest absolute Gasteiger partial charge is 0.0341 e. The Kier molecular flexibility index (Phi) is 10.2. The predicted molar refractivity (Wildman–Crippen MR) is 69.3 cm³/mol. The van der Waals surface area contributed by atoms with Crippen molar-refractivity contribution in [2.45, 2.75) is 13.8 Å². The van der Waals surface area contributed by atoms with E-state index in [1.54, 1.807) is 0 Å². The van der Waals surface area contributed by atoms with Crippen LogP contribution >= 0.6 is 24.8 Å². The summed E-state index contributed by atoms with van der Waals surface area (Å²) in [4.78, 5) is 0. The molecule has 2 nitrogen and oxygen atoms in total. The number of benzene rings is 1. The lowest BCUT2D eigenvalue weighted by Gasteiger charge is -2.05. The summed E-state index contributed by atoms with van der Waals surface area (Å²) >= 11 is 0. The van der Waals surface area contributed by atoms with Crippen LogP contribution in [0, 0.1) is 0 Å². The van der Waals surface area contributed by atoms with Crippen molar-refractivity contribution in [3.8, 4) is 0 Å². The summed E-state index contributed by atoms with van der Waals surface area (Å²) in [5, 5.41) is 6.50. The van der Waals surface area contributed by atoms with E-state index in [1.807, 2.05) is 0 Å².